The number of ether oxygens (including phenoxy) is 1. The van der Waals surface area contributed by atoms with Crippen LogP contribution in [-0.2, 0) is 4.74 Å². The van der Waals surface area contributed by atoms with Gasteiger partial charge >= 0.3 is 0 Å². The zero-order valence-corrected chi connectivity index (χ0v) is 7.49. The van der Waals surface area contributed by atoms with Gasteiger partial charge in [0.15, 0.2) is 0 Å². The van der Waals surface area contributed by atoms with Crippen LogP contribution < -0.4 is 0 Å². The molecular formula is C10H16O2. The van der Waals surface area contributed by atoms with E-state index in [4.69, 9.17) is 9.84 Å². The predicted octanol–water partition coefficient (Wildman–Crippen LogP) is 2.01. The van der Waals surface area contributed by atoms with Gasteiger partial charge < -0.3 is 9.84 Å². The van der Waals surface area contributed by atoms with Crippen LogP contribution in [0.2, 0.25) is 0 Å². The molecule has 1 unspecified atom stereocenters. The summed E-state index contributed by atoms with van der Waals surface area (Å²) in [5, 5.41) is 8.91. The summed E-state index contributed by atoms with van der Waals surface area (Å²) >= 11 is 0. The molecule has 12 heavy (non-hydrogen) atoms. The van der Waals surface area contributed by atoms with Crippen molar-refractivity contribution >= 4 is 0 Å². The maximum absolute atomic E-state index is 8.91. The Balaban J connectivity index is 2.46. The van der Waals surface area contributed by atoms with E-state index in [1.54, 1.807) is 6.26 Å². The van der Waals surface area contributed by atoms with Crippen molar-refractivity contribution in [3.8, 4) is 0 Å². The highest BCUT2D eigenvalue weighted by Gasteiger charge is 2.07. The molecule has 0 radical (unpaired) electrons. The average Bonchev–Trinajstić information content (AvgIpc) is 2.16. The second kappa shape index (κ2) is 4.99. The Bertz CT molecular complexity index is 176. The van der Waals surface area contributed by atoms with Crippen LogP contribution in [-0.4, -0.2) is 17.8 Å². The van der Waals surface area contributed by atoms with Gasteiger partial charge in [-0.2, -0.15) is 0 Å². The summed E-state index contributed by atoms with van der Waals surface area (Å²) in [6.07, 6.45) is 8.98. The fraction of sp³-hybridized carbons (Fsp3) is 0.600. The van der Waals surface area contributed by atoms with E-state index in [0.29, 0.717) is 0 Å². The van der Waals surface area contributed by atoms with Crippen molar-refractivity contribution in [1.82, 2.24) is 0 Å². The van der Waals surface area contributed by atoms with Crippen LogP contribution in [0.5, 0.6) is 0 Å². The zero-order chi connectivity index (χ0) is 8.81. The highest BCUT2D eigenvalue weighted by molar-refractivity contribution is 5.06. The molecule has 1 heterocycles. The molecule has 0 aromatic heterocycles. The average molecular weight is 168 g/mol. The van der Waals surface area contributed by atoms with Crippen LogP contribution in [0.3, 0.4) is 0 Å². The Morgan fingerprint density at radius 2 is 2.58 bits per heavy atom. The maximum Gasteiger partial charge on any atom is 0.117 e. The highest BCUT2D eigenvalue weighted by Crippen LogP contribution is 2.14. The lowest BCUT2D eigenvalue weighted by Crippen LogP contribution is -2.10. The zero-order valence-electron chi connectivity index (χ0n) is 7.49. The first-order valence-electron chi connectivity index (χ1n) is 4.47. The van der Waals surface area contributed by atoms with Crippen molar-refractivity contribution in [3.63, 3.8) is 0 Å². The van der Waals surface area contributed by atoms with Crippen LogP contribution in [0, 0.1) is 0 Å². The van der Waals surface area contributed by atoms with E-state index in [9.17, 15) is 0 Å². The van der Waals surface area contributed by atoms with Crippen molar-refractivity contribution in [2.75, 3.05) is 6.61 Å². The van der Waals surface area contributed by atoms with Gasteiger partial charge in [-0.15, -0.1) is 0 Å². The van der Waals surface area contributed by atoms with Crippen molar-refractivity contribution in [1.29, 1.82) is 0 Å². The minimum absolute atomic E-state index is 0.153. The molecule has 0 aromatic rings. The summed E-state index contributed by atoms with van der Waals surface area (Å²) in [7, 11) is 0. The van der Waals surface area contributed by atoms with Gasteiger partial charge in [0.05, 0.1) is 12.9 Å². The van der Waals surface area contributed by atoms with Gasteiger partial charge in [0, 0.05) is 0 Å². The Hall–Kier alpha value is -0.760. The van der Waals surface area contributed by atoms with Gasteiger partial charge in [-0.1, -0.05) is 6.92 Å². The molecule has 2 heteroatoms. The molecule has 0 saturated carbocycles. The Kier molecular flexibility index (Phi) is 3.88. The molecule has 0 saturated heterocycles. The molecular weight excluding hydrogens is 152 g/mol. The quantitative estimate of drug-likeness (QED) is 0.653. The van der Waals surface area contributed by atoms with Crippen molar-refractivity contribution in [2.45, 2.75) is 32.3 Å². The van der Waals surface area contributed by atoms with Crippen LogP contribution >= 0.6 is 0 Å². The summed E-state index contributed by atoms with van der Waals surface area (Å²) < 4.78 is 5.34. The van der Waals surface area contributed by atoms with E-state index in [2.05, 4.69) is 0 Å². The number of hydrogen-bond donors (Lipinski definition) is 1. The first-order chi connectivity index (χ1) is 5.86. The van der Waals surface area contributed by atoms with Crippen LogP contribution in [0.15, 0.2) is 24.0 Å². The molecule has 0 aromatic carbocycles. The minimum Gasteiger partial charge on any atom is -0.494 e. The largest absolute Gasteiger partial charge is 0.494 e. The third kappa shape index (κ3) is 2.70. The van der Waals surface area contributed by atoms with E-state index < -0.39 is 0 Å². The first-order valence-corrected chi connectivity index (χ1v) is 4.47. The van der Waals surface area contributed by atoms with Crippen LogP contribution in [0.1, 0.15) is 26.2 Å². The SMILES string of the molecule is CC/C(=C/C1CCC=CO1)CO. The van der Waals surface area contributed by atoms with Crippen molar-refractivity contribution in [2.24, 2.45) is 0 Å². The standard InChI is InChI=1S/C10H16O2/c1-2-9(8-11)7-10-5-3-4-6-12-10/h4,6-7,10-11H,2-3,5,8H2,1H3/b9-7-. The molecule has 1 aliphatic heterocycles. The van der Waals surface area contributed by atoms with E-state index in [1.165, 1.54) is 0 Å². The van der Waals surface area contributed by atoms with Crippen LogP contribution in [0.4, 0.5) is 0 Å². The minimum atomic E-state index is 0.153. The molecule has 1 N–H and O–H groups in total. The third-order valence-electron chi connectivity index (χ3n) is 2.05. The summed E-state index contributed by atoms with van der Waals surface area (Å²) in [4.78, 5) is 0. The van der Waals surface area contributed by atoms with E-state index in [1.807, 2.05) is 19.1 Å². The Morgan fingerprint density at radius 1 is 1.75 bits per heavy atom. The molecule has 0 aliphatic carbocycles. The topological polar surface area (TPSA) is 29.5 Å². The molecule has 0 fully saturated rings. The van der Waals surface area contributed by atoms with Crippen molar-refractivity contribution < 1.29 is 9.84 Å². The summed E-state index contributed by atoms with van der Waals surface area (Å²) in [5.74, 6) is 0. The van der Waals surface area contributed by atoms with Gasteiger partial charge in [0.1, 0.15) is 6.10 Å². The normalized spacial score (nSPS) is 23.8. The molecule has 1 aliphatic rings. The third-order valence-corrected chi connectivity index (χ3v) is 2.05. The fourth-order valence-electron chi connectivity index (χ4n) is 1.22. The second-order valence-corrected chi connectivity index (χ2v) is 2.96. The lowest BCUT2D eigenvalue weighted by molar-refractivity contribution is 0.163. The smallest absolute Gasteiger partial charge is 0.117 e. The molecule has 68 valence electrons. The molecule has 0 spiro atoms. The molecule has 0 bridgehead atoms. The second-order valence-electron chi connectivity index (χ2n) is 2.96. The lowest BCUT2D eigenvalue weighted by atomic mass is 10.1. The Labute approximate surface area is 73.5 Å². The lowest BCUT2D eigenvalue weighted by Gasteiger charge is -2.16. The summed E-state index contributed by atoms with van der Waals surface area (Å²) in [6.45, 7) is 2.20. The van der Waals surface area contributed by atoms with Gasteiger partial charge in [0.2, 0.25) is 0 Å². The number of rotatable bonds is 3. The summed E-state index contributed by atoms with van der Waals surface area (Å²) in [6, 6.07) is 0. The number of aliphatic hydroxyl groups excluding tert-OH is 1. The van der Waals surface area contributed by atoms with Crippen molar-refractivity contribution in [3.05, 3.63) is 24.0 Å². The van der Waals surface area contributed by atoms with E-state index in [-0.39, 0.29) is 12.7 Å². The predicted molar refractivity (Wildman–Crippen MR) is 48.7 cm³/mol. The first kappa shape index (κ1) is 9.33. The number of aliphatic hydroxyl groups is 1. The monoisotopic (exact) mass is 168 g/mol. The van der Waals surface area contributed by atoms with Gasteiger partial charge in [0.25, 0.3) is 0 Å². The van der Waals surface area contributed by atoms with Crippen LogP contribution in [0.25, 0.3) is 0 Å². The molecule has 0 amide bonds. The summed E-state index contributed by atoms with van der Waals surface area (Å²) in [5.41, 5.74) is 1.07. The molecule has 1 atom stereocenters. The molecule has 2 nitrogen and oxygen atoms in total. The van der Waals surface area contributed by atoms with Gasteiger partial charge in [-0.05, 0) is 37.0 Å². The Morgan fingerprint density at radius 3 is 3.08 bits per heavy atom. The van der Waals surface area contributed by atoms with E-state index >= 15 is 0 Å². The highest BCUT2D eigenvalue weighted by atomic mass is 16.5. The number of allylic oxidation sites excluding steroid dienone is 1. The van der Waals surface area contributed by atoms with Gasteiger partial charge in [-0.3, -0.25) is 0 Å². The van der Waals surface area contributed by atoms with Gasteiger partial charge in [-0.25, -0.2) is 0 Å². The maximum atomic E-state index is 8.91. The molecule has 1 rings (SSSR count). The van der Waals surface area contributed by atoms with E-state index in [0.717, 1.165) is 24.8 Å². The fourth-order valence-corrected chi connectivity index (χ4v) is 1.22. The number of hydrogen-bond acceptors (Lipinski definition) is 2.